The SMILES string of the molecule is CN1/C(=C(\C#N)C(=O)C#N)C(C)(C)C(=O)C1(C)C. The molecule has 1 saturated heterocycles. The van der Waals surface area contributed by atoms with Crippen molar-refractivity contribution in [2.24, 2.45) is 5.41 Å². The standard InChI is InChI=1S/C13H15N3O2/c1-12(2)10(8(6-14)9(17)7-15)16(5)13(3,4)11(12)18/h1-5H3/b10-8+. The molecule has 1 fully saturated rings. The highest BCUT2D eigenvalue weighted by atomic mass is 16.1. The summed E-state index contributed by atoms with van der Waals surface area (Å²) in [6, 6.07) is 3.19. The molecule has 1 rings (SSSR count). The number of hydrogen-bond donors (Lipinski definition) is 0. The van der Waals surface area contributed by atoms with Crippen molar-refractivity contribution in [2.45, 2.75) is 33.2 Å². The Balaban J connectivity index is 3.65. The molecule has 1 aliphatic rings. The van der Waals surface area contributed by atoms with E-state index in [0.29, 0.717) is 5.70 Å². The normalized spacial score (nSPS) is 23.3. The molecule has 0 amide bonds. The van der Waals surface area contributed by atoms with E-state index in [1.807, 2.05) is 0 Å². The second kappa shape index (κ2) is 3.96. The maximum absolute atomic E-state index is 12.3. The monoisotopic (exact) mass is 245 g/mol. The summed E-state index contributed by atoms with van der Waals surface area (Å²) < 4.78 is 0. The Morgan fingerprint density at radius 1 is 1.17 bits per heavy atom. The summed E-state index contributed by atoms with van der Waals surface area (Å²) in [5, 5.41) is 17.7. The van der Waals surface area contributed by atoms with Gasteiger partial charge in [-0.25, -0.2) is 0 Å². The molecule has 0 atom stereocenters. The number of allylic oxidation sites excluding steroid dienone is 2. The maximum atomic E-state index is 12.3. The van der Waals surface area contributed by atoms with Crippen LogP contribution in [0, 0.1) is 28.1 Å². The second-order valence-corrected chi connectivity index (χ2v) is 5.35. The zero-order valence-corrected chi connectivity index (χ0v) is 11.2. The number of nitriles is 2. The van der Waals surface area contributed by atoms with Crippen LogP contribution in [0.5, 0.6) is 0 Å². The molecule has 0 aliphatic carbocycles. The van der Waals surface area contributed by atoms with Gasteiger partial charge in [0.05, 0.1) is 11.0 Å². The lowest BCUT2D eigenvalue weighted by molar-refractivity contribution is -0.128. The summed E-state index contributed by atoms with van der Waals surface area (Å²) in [6.45, 7) is 6.79. The molecule has 0 unspecified atom stereocenters. The Morgan fingerprint density at radius 2 is 1.67 bits per heavy atom. The van der Waals surface area contributed by atoms with E-state index < -0.39 is 16.7 Å². The van der Waals surface area contributed by atoms with Crippen molar-refractivity contribution in [2.75, 3.05) is 7.05 Å². The Kier molecular flexibility index (Phi) is 3.06. The van der Waals surface area contributed by atoms with Crippen LogP contribution in [0.25, 0.3) is 0 Å². The quantitative estimate of drug-likeness (QED) is 0.393. The van der Waals surface area contributed by atoms with Crippen LogP contribution in [0.2, 0.25) is 0 Å². The van der Waals surface area contributed by atoms with Crippen LogP contribution in [0.1, 0.15) is 27.7 Å². The molecular weight excluding hydrogens is 230 g/mol. The number of Topliss-reactive ketones (excluding diaryl/α,β-unsaturated/α-hetero) is 2. The molecule has 0 radical (unpaired) electrons. The number of hydrogen-bond acceptors (Lipinski definition) is 5. The van der Waals surface area contributed by atoms with Crippen molar-refractivity contribution in [1.29, 1.82) is 10.5 Å². The van der Waals surface area contributed by atoms with E-state index in [1.165, 1.54) is 6.07 Å². The molecule has 5 nitrogen and oxygen atoms in total. The molecule has 0 saturated carbocycles. The average Bonchev–Trinajstić information content (AvgIpc) is 2.42. The predicted octanol–water partition coefficient (Wildman–Crippen LogP) is 1.18. The van der Waals surface area contributed by atoms with E-state index >= 15 is 0 Å². The first-order valence-electron chi connectivity index (χ1n) is 5.50. The van der Waals surface area contributed by atoms with Gasteiger partial charge in [0.15, 0.2) is 5.78 Å². The van der Waals surface area contributed by atoms with Crippen LogP contribution in [0.3, 0.4) is 0 Å². The van der Waals surface area contributed by atoms with Gasteiger partial charge < -0.3 is 4.90 Å². The number of carbonyl (C=O) groups excluding carboxylic acids is 2. The minimum Gasteiger partial charge on any atom is -0.364 e. The lowest BCUT2D eigenvalue weighted by Gasteiger charge is -2.28. The fourth-order valence-corrected chi connectivity index (χ4v) is 2.47. The average molecular weight is 245 g/mol. The number of likely N-dealkylation sites (tertiary alicyclic amines) is 1. The van der Waals surface area contributed by atoms with Crippen LogP contribution in [0.15, 0.2) is 11.3 Å². The molecule has 5 heteroatoms. The minimum atomic E-state index is -0.949. The van der Waals surface area contributed by atoms with Crippen molar-refractivity contribution in [3.63, 3.8) is 0 Å². The topological polar surface area (TPSA) is 85.0 Å². The van der Waals surface area contributed by atoms with Crippen molar-refractivity contribution in [3.05, 3.63) is 11.3 Å². The molecule has 0 bridgehead atoms. The number of ketones is 2. The highest BCUT2D eigenvalue weighted by Gasteiger charge is 2.55. The summed E-state index contributed by atoms with van der Waals surface area (Å²) in [4.78, 5) is 25.4. The first kappa shape index (κ1) is 13.9. The van der Waals surface area contributed by atoms with E-state index in [1.54, 1.807) is 45.7 Å². The molecule has 18 heavy (non-hydrogen) atoms. The van der Waals surface area contributed by atoms with Crippen molar-refractivity contribution in [1.82, 2.24) is 4.90 Å². The van der Waals surface area contributed by atoms with Crippen LogP contribution >= 0.6 is 0 Å². The molecule has 0 N–H and O–H groups in total. The first-order chi connectivity index (χ1) is 8.12. The van der Waals surface area contributed by atoms with Crippen LogP contribution in [-0.2, 0) is 9.59 Å². The van der Waals surface area contributed by atoms with Gasteiger partial charge in [-0.3, -0.25) is 9.59 Å². The third kappa shape index (κ3) is 1.60. The molecule has 1 aliphatic heterocycles. The molecular formula is C13H15N3O2. The third-order valence-electron chi connectivity index (χ3n) is 3.57. The highest BCUT2D eigenvalue weighted by Crippen LogP contribution is 2.46. The van der Waals surface area contributed by atoms with E-state index in [9.17, 15) is 9.59 Å². The van der Waals surface area contributed by atoms with Crippen LogP contribution in [0.4, 0.5) is 0 Å². The molecule has 0 aromatic heterocycles. The summed E-state index contributed by atoms with van der Waals surface area (Å²) in [5.74, 6) is -0.982. The third-order valence-corrected chi connectivity index (χ3v) is 3.57. The largest absolute Gasteiger partial charge is 0.364 e. The zero-order chi connectivity index (χ0) is 14.3. The lowest BCUT2D eigenvalue weighted by atomic mass is 9.80. The van der Waals surface area contributed by atoms with Crippen molar-refractivity contribution < 1.29 is 9.59 Å². The molecule has 0 spiro atoms. The van der Waals surface area contributed by atoms with Gasteiger partial charge >= 0.3 is 0 Å². The summed E-state index contributed by atoms with van der Waals surface area (Å²) in [5.41, 5.74) is -1.66. The van der Waals surface area contributed by atoms with E-state index in [0.717, 1.165) is 0 Å². The van der Waals surface area contributed by atoms with Gasteiger partial charge in [0.1, 0.15) is 17.7 Å². The lowest BCUT2D eigenvalue weighted by Crippen LogP contribution is -2.40. The maximum Gasteiger partial charge on any atom is 0.274 e. The van der Waals surface area contributed by atoms with Gasteiger partial charge in [-0.15, -0.1) is 0 Å². The van der Waals surface area contributed by atoms with Crippen molar-refractivity contribution in [3.8, 4) is 12.1 Å². The van der Waals surface area contributed by atoms with Gasteiger partial charge in [0.2, 0.25) is 0 Å². The zero-order valence-electron chi connectivity index (χ0n) is 11.2. The van der Waals surface area contributed by atoms with E-state index in [-0.39, 0.29) is 11.4 Å². The first-order valence-corrected chi connectivity index (χ1v) is 5.50. The van der Waals surface area contributed by atoms with Gasteiger partial charge in [-0.05, 0) is 27.7 Å². The van der Waals surface area contributed by atoms with E-state index in [2.05, 4.69) is 0 Å². The summed E-state index contributed by atoms with van der Waals surface area (Å²) in [7, 11) is 1.66. The van der Waals surface area contributed by atoms with Crippen LogP contribution in [-0.4, -0.2) is 29.1 Å². The Hall–Kier alpha value is -2.14. The number of carbonyl (C=O) groups is 2. The molecule has 0 aromatic rings. The number of likely N-dealkylation sites (N-methyl/N-ethyl adjacent to an activating group) is 1. The Bertz CT molecular complexity index is 542. The summed E-state index contributed by atoms with van der Waals surface area (Å²) in [6.07, 6.45) is 0. The van der Waals surface area contributed by atoms with E-state index in [4.69, 9.17) is 10.5 Å². The Morgan fingerprint density at radius 3 is 1.94 bits per heavy atom. The second-order valence-electron chi connectivity index (χ2n) is 5.35. The molecule has 1 heterocycles. The number of rotatable bonds is 1. The Labute approximate surface area is 106 Å². The fraction of sp³-hybridized carbons (Fsp3) is 0.538. The number of nitrogens with zero attached hydrogens (tertiary/aromatic N) is 3. The van der Waals surface area contributed by atoms with Gasteiger partial charge in [-0.1, -0.05) is 0 Å². The molecule has 94 valence electrons. The smallest absolute Gasteiger partial charge is 0.274 e. The fourth-order valence-electron chi connectivity index (χ4n) is 2.47. The highest BCUT2D eigenvalue weighted by molar-refractivity contribution is 6.12. The van der Waals surface area contributed by atoms with Gasteiger partial charge in [0, 0.05) is 12.7 Å². The predicted molar refractivity (Wildman–Crippen MR) is 63.9 cm³/mol. The van der Waals surface area contributed by atoms with Gasteiger partial charge in [-0.2, -0.15) is 10.5 Å². The van der Waals surface area contributed by atoms with Crippen LogP contribution < -0.4 is 0 Å². The van der Waals surface area contributed by atoms with Crippen molar-refractivity contribution >= 4 is 11.6 Å². The minimum absolute atomic E-state index is 0.0778. The summed E-state index contributed by atoms with van der Waals surface area (Å²) >= 11 is 0. The van der Waals surface area contributed by atoms with Gasteiger partial charge in [0.25, 0.3) is 5.78 Å². The molecule has 0 aromatic carbocycles.